The minimum atomic E-state index is 0.0888. The van der Waals surface area contributed by atoms with Crippen LogP contribution in [0.25, 0.3) is 0 Å². The third-order valence-electron chi connectivity index (χ3n) is 3.80. The Balaban J connectivity index is 1.95. The molecule has 0 aliphatic rings. The number of carbonyl (C=O) groups is 1. The molecule has 2 aromatic rings. The molecular formula is C17H22N2O3. The molecule has 0 aliphatic heterocycles. The summed E-state index contributed by atoms with van der Waals surface area (Å²) in [6, 6.07) is 7.73. The van der Waals surface area contributed by atoms with E-state index in [9.17, 15) is 4.79 Å². The number of aromatic nitrogens is 1. The van der Waals surface area contributed by atoms with E-state index in [1.54, 1.807) is 12.0 Å². The first-order chi connectivity index (χ1) is 10.5. The van der Waals surface area contributed by atoms with Gasteiger partial charge in [0.2, 0.25) is 5.91 Å². The van der Waals surface area contributed by atoms with Crippen LogP contribution in [0.1, 0.15) is 29.0 Å². The number of carbonyl (C=O) groups excluding carboxylic acids is 1. The average Bonchev–Trinajstić information content (AvgIpc) is 2.84. The molecule has 2 rings (SSSR count). The number of hydrogen-bond donors (Lipinski definition) is 0. The minimum Gasteiger partial charge on any atom is -0.496 e. The zero-order valence-corrected chi connectivity index (χ0v) is 13.5. The number of benzene rings is 1. The van der Waals surface area contributed by atoms with Gasteiger partial charge in [-0.2, -0.15) is 0 Å². The summed E-state index contributed by atoms with van der Waals surface area (Å²) < 4.78 is 10.4. The van der Waals surface area contributed by atoms with Gasteiger partial charge in [0.25, 0.3) is 0 Å². The smallest absolute Gasteiger partial charge is 0.222 e. The van der Waals surface area contributed by atoms with Crippen molar-refractivity contribution in [3.8, 4) is 5.75 Å². The van der Waals surface area contributed by atoms with E-state index in [1.165, 1.54) is 0 Å². The Morgan fingerprint density at radius 1 is 1.32 bits per heavy atom. The van der Waals surface area contributed by atoms with Crippen LogP contribution in [0.4, 0.5) is 0 Å². The molecule has 0 atom stereocenters. The maximum absolute atomic E-state index is 12.3. The van der Waals surface area contributed by atoms with Crippen molar-refractivity contribution in [2.24, 2.45) is 0 Å². The van der Waals surface area contributed by atoms with Gasteiger partial charge in [0.15, 0.2) is 0 Å². The van der Waals surface area contributed by atoms with E-state index in [0.717, 1.165) is 28.3 Å². The van der Waals surface area contributed by atoms with Crippen LogP contribution in [-0.2, 0) is 17.8 Å². The first-order valence-corrected chi connectivity index (χ1v) is 7.30. The highest BCUT2D eigenvalue weighted by atomic mass is 16.5. The number of hydrogen-bond acceptors (Lipinski definition) is 4. The molecule has 22 heavy (non-hydrogen) atoms. The van der Waals surface area contributed by atoms with Crippen LogP contribution in [0.15, 0.2) is 28.8 Å². The van der Waals surface area contributed by atoms with Gasteiger partial charge in [-0.1, -0.05) is 23.4 Å². The maximum Gasteiger partial charge on any atom is 0.222 e. The molecule has 1 amide bonds. The average molecular weight is 302 g/mol. The van der Waals surface area contributed by atoms with E-state index < -0.39 is 0 Å². The van der Waals surface area contributed by atoms with Crippen molar-refractivity contribution in [3.05, 3.63) is 46.8 Å². The number of para-hydroxylation sites is 1. The Morgan fingerprint density at radius 2 is 2.05 bits per heavy atom. The van der Waals surface area contributed by atoms with E-state index in [4.69, 9.17) is 9.26 Å². The molecule has 0 aliphatic carbocycles. The Kier molecular flexibility index (Phi) is 5.20. The number of ether oxygens (including phenoxy) is 1. The lowest BCUT2D eigenvalue weighted by Gasteiger charge is -2.18. The Morgan fingerprint density at radius 3 is 2.68 bits per heavy atom. The van der Waals surface area contributed by atoms with Crippen LogP contribution in [0.5, 0.6) is 5.75 Å². The van der Waals surface area contributed by atoms with Crippen LogP contribution in [-0.4, -0.2) is 30.1 Å². The van der Waals surface area contributed by atoms with Crippen molar-refractivity contribution in [3.63, 3.8) is 0 Å². The molecule has 0 fully saturated rings. The third kappa shape index (κ3) is 3.67. The summed E-state index contributed by atoms with van der Waals surface area (Å²) in [6.07, 6.45) is 1.09. The van der Waals surface area contributed by atoms with Crippen molar-refractivity contribution in [1.82, 2.24) is 10.1 Å². The summed E-state index contributed by atoms with van der Waals surface area (Å²) in [5, 5.41) is 3.91. The summed E-state index contributed by atoms with van der Waals surface area (Å²) in [7, 11) is 3.44. The third-order valence-corrected chi connectivity index (χ3v) is 3.80. The highest BCUT2D eigenvalue weighted by Gasteiger charge is 2.15. The monoisotopic (exact) mass is 302 g/mol. The number of nitrogens with zero attached hydrogens (tertiary/aromatic N) is 2. The molecule has 0 radical (unpaired) electrons. The molecule has 5 nitrogen and oxygen atoms in total. The number of rotatable bonds is 6. The fraction of sp³-hybridized carbons (Fsp3) is 0.412. The number of methoxy groups -OCH3 is 1. The lowest BCUT2D eigenvalue weighted by atomic mass is 10.1. The topological polar surface area (TPSA) is 55.6 Å². The molecule has 0 saturated carbocycles. The largest absolute Gasteiger partial charge is 0.496 e. The van der Waals surface area contributed by atoms with Gasteiger partial charge in [0, 0.05) is 31.1 Å². The predicted molar refractivity (Wildman–Crippen MR) is 83.8 cm³/mol. The number of aryl methyl sites for hydroxylation is 2. The van der Waals surface area contributed by atoms with Crippen LogP contribution in [0.2, 0.25) is 0 Å². The molecule has 0 saturated heterocycles. The first kappa shape index (κ1) is 16.1. The van der Waals surface area contributed by atoms with E-state index in [1.807, 2.05) is 45.2 Å². The summed E-state index contributed by atoms with van der Waals surface area (Å²) in [5.41, 5.74) is 2.88. The zero-order valence-electron chi connectivity index (χ0n) is 13.5. The van der Waals surface area contributed by atoms with Crippen molar-refractivity contribution in [2.45, 2.75) is 33.2 Å². The highest BCUT2D eigenvalue weighted by molar-refractivity contribution is 5.76. The summed E-state index contributed by atoms with van der Waals surface area (Å²) >= 11 is 0. The second kappa shape index (κ2) is 7.11. The van der Waals surface area contributed by atoms with Gasteiger partial charge in [-0.3, -0.25) is 4.79 Å². The van der Waals surface area contributed by atoms with Crippen LogP contribution < -0.4 is 4.74 Å². The SMILES string of the molecule is COc1ccccc1CN(C)C(=O)CCc1c(C)noc1C. The molecule has 1 heterocycles. The van der Waals surface area contributed by atoms with Crippen LogP contribution in [0, 0.1) is 13.8 Å². The lowest BCUT2D eigenvalue weighted by Crippen LogP contribution is -2.26. The van der Waals surface area contributed by atoms with E-state index in [-0.39, 0.29) is 5.91 Å². The molecule has 0 unspecified atom stereocenters. The second-order valence-corrected chi connectivity index (χ2v) is 5.36. The standard InChI is InChI=1S/C17H22N2O3/c1-12-15(13(2)22-18-12)9-10-17(20)19(3)11-14-7-5-6-8-16(14)21-4/h5-8H,9-11H2,1-4H3. The van der Waals surface area contributed by atoms with E-state index >= 15 is 0 Å². The molecule has 0 bridgehead atoms. The number of amides is 1. The van der Waals surface area contributed by atoms with Crippen LogP contribution in [0.3, 0.4) is 0 Å². The van der Waals surface area contributed by atoms with Crippen molar-refractivity contribution in [1.29, 1.82) is 0 Å². The fourth-order valence-electron chi connectivity index (χ4n) is 2.46. The predicted octanol–water partition coefficient (Wildman–Crippen LogP) is 2.89. The van der Waals surface area contributed by atoms with Gasteiger partial charge in [-0.05, 0) is 26.3 Å². The maximum atomic E-state index is 12.3. The van der Waals surface area contributed by atoms with Crippen molar-refractivity contribution >= 4 is 5.91 Å². The minimum absolute atomic E-state index is 0.0888. The highest BCUT2D eigenvalue weighted by Crippen LogP contribution is 2.20. The normalized spacial score (nSPS) is 10.5. The fourth-order valence-corrected chi connectivity index (χ4v) is 2.46. The molecule has 0 N–H and O–H groups in total. The van der Waals surface area contributed by atoms with Gasteiger partial charge in [-0.15, -0.1) is 0 Å². The van der Waals surface area contributed by atoms with Gasteiger partial charge in [-0.25, -0.2) is 0 Å². The molecular weight excluding hydrogens is 280 g/mol. The van der Waals surface area contributed by atoms with E-state index in [2.05, 4.69) is 5.16 Å². The summed E-state index contributed by atoms with van der Waals surface area (Å²) in [4.78, 5) is 14.0. The Hall–Kier alpha value is -2.30. The summed E-state index contributed by atoms with van der Waals surface area (Å²) in [5.74, 6) is 1.68. The Labute approximate surface area is 130 Å². The second-order valence-electron chi connectivity index (χ2n) is 5.36. The lowest BCUT2D eigenvalue weighted by molar-refractivity contribution is -0.130. The molecule has 0 spiro atoms. The van der Waals surface area contributed by atoms with Gasteiger partial charge >= 0.3 is 0 Å². The Bertz CT molecular complexity index is 630. The van der Waals surface area contributed by atoms with Crippen molar-refractivity contribution in [2.75, 3.05) is 14.2 Å². The zero-order chi connectivity index (χ0) is 16.1. The first-order valence-electron chi connectivity index (χ1n) is 7.30. The molecule has 1 aromatic carbocycles. The molecule has 118 valence electrons. The van der Waals surface area contributed by atoms with E-state index in [0.29, 0.717) is 19.4 Å². The molecule has 1 aromatic heterocycles. The quantitative estimate of drug-likeness (QED) is 0.823. The van der Waals surface area contributed by atoms with Gasteiger partial charge in [0.05, 0.1) is 12.8 Å². The molecule has 5 heteroatoms. The van der Waals surface area contributed by atoms with Crippen molar-refractivity contribution < 1.29 is 14.1 Å². The summed E-state index contributed by atoms with van der Waals surface area (Å²) in [6.45, 7) is 4.30. The van der Waals surface area contributed by atoms with Crippen LogP contribution >= 0.6 is 0 Å². The van der Waals surface area contributed by atoms with Gasteiger partial charge in [0.1, 0.15) is 11.5 Å². The van der Waals surface area contributed by atoms with Gasteiger partial charge < -0.3 is 14.2 Å².